The van der Waals surface area contributed by atoms with E-state index in [4.69, 9.17) is 4.74 Å². The van der Waals surface area contributed by atoms with Crippen LogP contribution in [0.5, 0.6) is 0 Å². The number of anilines is 1. The van der Waals surface area contributed by atoms with Gasteiger partial charge in [0.15, 0.2) is 0 Å². The molecule has 154 valence electrons. The molecule has 0 radical (unpaired) electrons. The highest BCUT2D eigenvalue weighted by Gasteiger charge is 2.37. The van der Waals surface area contributed by atoms with E-state index in [1.54, 1.807) is 11.1 Å². The van der Waals surface area contributed by atoms with E-state index in [0.717, 1.165) is 36.2 Å². The lowest BCUT2D eigenvalue weighted by Crippen LogP contribution is -2.57. The summed E-state index contributed by atoms with van der Waals surface area (Å²) in [6.45, 7) is 8.86. The topological polar surface area (TPSA) is 66.0 Å². The second kappa shape index (κ2) is 8.68. The Hall–Kier alpha value is -1.83. The van der Waals surface area contributed by atoms with E-state index in [-0.39, 0.29) is 12.0 Å². The van der Waals surface area contributed by atoms with Crippen molar-refractivity contribution in [3.63, 3.8) is 0 Å². The van der Waals surface area contributed by atoms with Crippen LogP contribution >= 0.6 is 15.9 Å². The number of hydrogen-bond acceptors (Lipinski definition) is 5. The van der Waals surface area contributed by atoms with Crippen molar-refractivity contribution in [3.8, 4) is 0 Å². The van der Waals surface area contributed by atoms with Crippen LogP contribution in [0.15, 0.2) is 22.8 Å². The van der Waals surface area contributed by atoms with Gasteiger partial charge in [0.05, 0.1) is 0 Å². The molecule has 3 heterocycles. The predicted octanol–water partition coefficient (Wildman–Crippen LogP) is 3.28. The molecule has 1 atom stereocenters. The molecule has 2 aliphatic heterocycles. The minimum absolute atomic E-state index is 0.0361. The lowest BCUT2D eigenvalue weighted by molar-refractivity contribution is -0.138. The average molecular weight is 453 g/mol. The number of carbonyl (C=O) groups is 2. The Morgan fingerprint density at radius 3 is 2.43 bits per heavy atom. The molecule has 0 spiro atoms. The minimum Gasteiger partial charge on any atom is -0.444 e. The van der Waals surface area contributed by atoms with E-state index in [9.17, 15) is 9.59 Å². The van der Waals surface area contributed by atoms with E-state index in [1.807, 2.05) is 37.8 Å². The molecule has 0 saturated carbocycles. The monoisotopic (exact) mass is 452 g/mol. The minimum atomic E-state index is -0.564. The number of aromatic nitrogens is 1. The molecular formula is C20H29BrN4O3. The molecule has 2 aliphatic rings. The van der Waals surface area contributed by atoms with Crippen LogP contribution in [0.2, 0.25) is 0 Å². The van der Waals surface area contributed by atoms with Gasteiger partial charge in [-0.25, -0.2) is 9.78 Å². The van der Waals surface area contributed by atoms with Gasteiger partial charge >= 0.3 is 6.09 Å². The fourth-order valence-corrected chi connectivity index (χ4v) is 3.88. The lowest BCUT2D eigenvalue weighted by Gasteiger charge is -2.41. The third-order valence-corrected chi connectivity index (χ3v) is 5.51. The van der Waals surface area contributed by atoms with Gasteiger partial charge in [-0.3, -0.25) is 9.69 Å². The van der Waals surface area contributed by atoms with Crippen molar-refractivity contribution in [2.75, 3.05) is 37.6 Å². The zero-order valence-electron chi connectivity index (χ0n) is 16.9. The number of hydrogen-bond donors (Lipinski definition) is 0. The first kappa shape index (κ1) is 20.9. The summed E-state index contributed by atoms with van der Waals surface area (Å²) < 4.78 is 6.47. The van der Waals surface area contributed by atoms with Crippen LogP contribution in [-0.2, 0) is 9.53 Å². The number of amides is 2. The number of piperidine rings is 1. The van der Waals surface area contributed by atoms with Crippen molar-refractivity contribution < 1.29 is 14.3 Å². The number of rotatable bonds is 2. The number of carbonyl (C=O) groups excluding carboxylic acids is 2. The Morgan fingerprint density at radius 2 is 1.82 bits per heavy atom. The van der Waals surface area contributed by atoms with Crippen LogP contribution in [0.3, 0.4) is 0 Å². The second-order valence-electron chi connectivity index (χ2n) is 8.33. The molecule has 2 saturated heterocycles. The summed E-state index contributed by atoms with van der Waals surface area (Å²) in [5.41, 5.74) is -0.564. The first-order valence-electron chi connectivity index (χ1n) is 9.89. The van der Waals surface area contributed by atoms with Gasteiger partial charge in [-0.15, -0.1) is 0 Å². The molecule has 0 bridgehead atoms. The van der Waals surface area contributed by atoms with Crippen molar-refractivity contribution in [1.29, 1.82) is 0 Å². The zero-order chi connectivity index (χ0) is 20.3. The standard InChI is InChI=1S/C20H29BrN4O3/c1-20(2,3)28-19(27)25-9-5-4-6-16(25)18(26)24-12-10-23(11-13-24)17-8-7-15(21)14-22-17/h7-8,14,16H,4-6,9-13H2,1-3H3. The van der Waals surface area contributed by atoms with Crippen molar-refractivity contribution >= 4 is 33.7 Å². The summed E-state index contributed by atoms with van der Waals surface area (Å²) in [6.07, 6.45) is 3.97. The van der Waals surface area contributed by atoms with Crippen molar-refractivity contribution in [2.45, 2.75) is 51.7 Å². The molecule has 0 aromatic carbocycles. The molecule has 1 aromatic heterocycles. The van der Waals surface area contributed by atoms with Crippen LogP contribution in [0.4, 0.5) is 10.6 Å². The summed E-state index contributed by atoms with van der Waals surface area (Å²) in [4.78, 5) is 35.9. The first-order chi connectivity index (χ1) is 13.2. The Labute approximate surface area is 175 Å². The molecule has 8 heteroatoms. The largest absolute Gasteiger partial charge is 0.444 e. The molecular weight excluding hydrogens is 424 g/mol. The van der Waals surface area contributed by atoms with E-state index in [0.29, 0.717) is 26.1 Å². The Bertz CT molecular complexity index is 696. The average Bonchev–Trinajstić information content (AvgIpc) is 2.67. The molecule has 1 aromatic rings. The number of pyridine rings is 1. The van der Waals surface area contributed by atoms with Crippen molar-refractivity contribution in [2.24, 2.45) is 0 Å². The maximum Gasteiger partial charge on any atom is 0.410 e. The smallest absolute Gasteiger partial charge is 0.410 e. The number of likely N-dealkylation sites (tertiary alicyclic amines) is 1. The molecule has 28 heavy (non-hydrogen) atoms. The van der Waals surface area contributed by atoms with Crippen molar-refractivity contribution in [1.82, 2.24) is 14.8 Å². The maximum absolute atomic E-state index is 13.2. The van der Waals surface area contributed by atoms with Gasteiger partial charge in [0.25, 0.3) is 0 Å². The van der Waals surface area contributed by atoms with E-state index in [2.05, 4.69) is 25.8 Å². The van der Waals surface area contributed by atoms with Crippen LogP contribution < -0.4 is 4.90 Å². The third kappa shape index (κ3) is 5.16. The van der Waals surface area contributed by atoms with Crippen LogP contribution in [0.1, 0.15) is 40.0 Å². The molecule has 0 N–H and O–H groups in total. The predicted molar refractivity (Wildman–Crippen MR) is 111 cm³/mol. The highest BCUT2D eigenvalue weighted by Crippen LogP contribution is 2.23. The molecule has 0 aliphatic carbocycles. The molecule has 7 nitrogen and oxygen atoms in total. The fraction of sp³-hybridized carbons (Fsp3) is 0.650. The van der Waals surface area contributed by atoms with Gasteiger partial charge in [0.2, 0.25) is 5.91 Å². The number of piperazine rings is 1. The summed E-state index contributed by atoms with van der Waals surface area (Å²) in [6, 6.07) is 3.54. The highest BCUT2D eigenvalue weighted by molar-refractivity contribution is 9.10. The third-order valence-electron chi connectivity index (χ3n) is 5.04. The van der Waals surface area contributed by atoms with Crippen LogP contribution in [0.25, 0.3) is 0 Å². The summed E-state index contributed by atoms with van der Waals surface area (Å²) in [5.74, 6) is 0.956. The summed E-state index contributed by atoms with van der Waals surface area (Å²) in [5, 5.41) is 0. The zero-order valence-corrected chi connectivity index (χ0v) is 18.4. The SMILES string of the molecule is CC(C)(C)OC(=O)N1CCCCC1C(=O)N1CCN(c2ccc(Br)cn2)CC1. The number of halogens is 1. The van der Waals surface area contributed by atoms with Crippen LogP contribution in [-0.4, -0.2) is 71.2 Å². The Balaban J connectivity index is 1.61. The van der Waals surface area contributed by atoms with E-state index in [1.165, 1.54) is 0 Å². The summed E-state index contributed by atoms with van der Waals surface area (Å²) in [7, 11) is 0. The first-order valence-corrected chi connectivity index (χ1v) is 10.7. The van der Waals surface area contributed by atoms with E-state index >= 15 is 0 Å². The Morgan fingerprint density at radius 1 is 1.11 bits per heavy atom. The van der Waals surface area contributed by atoms with Gasteiger partial charge < -0.3 is 14.5 Å². The summed E-state index contributed by atoms with van der Waals surface area (Å²) >= 11 is 3.40. The highest BCUT2D eigenvalue weighted by atomic mass is 79.9. The molecule has 3 rings (SSSR count). The number of ether oxygens (including phenoxy) is 1. The Kier molecular flexibility index (Phi) is 6.47. The lowest BCUT2D eigenvalue weighted by atomic mass is 10.0. The molecule has 1 unspecified atom stereocenters. The quantitative estimate of drug-likeness (QED) is 0.688. The fourth-order valence-electron chi connectivity index (χ4n) is 3.65. The molecule has 2 amide bonds. The van der Waals surface area contributed by atoms with Crippen molar-refractivity contribution in [3.05, 3.63) is 22.8 Å². The van der Waals surface area contributed by atoms with Gasteiger partial charge in [-0.05, 0) is 68.1 Å². The van der Waals surface area contributed by atoms with Crippen LogP contribution in [0, 0.1) is 0 Å². The van der Waals surface area contributed by atoms with Gasteiger partial charge in [0.1, 0.15) is 17.5 Å². The molecule has 2 fully saturated rings. The van der Waals surface area contributed by atoms with Gasteiger partial charge in [-0.2, -0.15) is 0 Å². The van der Waals surface area contributed by atoms with Gasteiger partial charge in [0, 0.05) is 43.4 Å². The number of nitrogens with zero attached hydrogens (tertiary/aromatic N) is 4. The van der Waals surface area contributed by atoms with E-state index < -0.39 is 11.6 Å². The normalized spacial score (nSPS) is 20.9. The maximum atomic E-state index is 13.2. The second-order valence-corrected chi connectivity index (χ2v) is 9.25. The van der Waals surface area contributed by atoms with Gasteiger partial charge in [-0.1, -0.05) is 0 Å².